The van der Waals surface area contributed by atoms with Crippen LogP contribution in [0.1, 0.15) is 45.4 Å². The molecular weight excluding hydrogens is 232 g/mol. The fraction of sp³-hybridized carbons (Fsp3) is 0.846. The molecule has 0 heterocycles. The number of nitrogens with zero attached hydrogens (tertiary/aromatic N) is 1. The zero-order valence-electron chi connectivity index (χ0n) is 10.9. The number of carbonyl (C=O) groups is 1. The monoisotopic (exact) mass is 256 g/mol. The molecule has 0 radical (unpaired) electrons. The molecular formula is C13H24N2OS. The molecule has 0 spiro atoms. The van der Waals surface area contributed by atoms with Crippen molar-refractivity contribution in [2.45, 2.75) is 45.4 Å². The van der Waals surface area contributed by atoms with Crippen LogP contribution in [-0.4, -0.2) is 29.4 Å². The molecule has 3 nitrogen and oxygen atoms in total. The Labute approximate surface area is 110 Å². The summed E-state index contributed by atoms with van der Waals surface area (Å²) in [6.07, 6.45) is 6.82. The first-order chi connectivity index (χ1) is 8.06. The SMILES string of the molecule is CCCC(C(=O)N(C)CC1CCCC1)C(N)=S. The van der Waals surface area contributed by atoms with Crippen LogP contribution in [0.25, 0.3) is 0 Å². The van der Waals surface area contributed by atoms with Gasteiger partial charge in [0.25, 0.3) is 0 Å². The molecule has 98 valence electrons. The zero-order chi connectivity index (χ0) is 12.8. The first-order valence-corrected chi connectivity index (χ1v) is 7.01. The van der Waals surface area contributed by atoms with Crippen LogP contribution in [0.3, 0.4) is 0 Å². The van der Waals surface area contributed by atoms with E-state index in [2.05, 4.69) is 6.92 Å². The van der Waals surface area contributed by atoms with Gasteiger partial charge in [0.1, 0.15) is 0 Å². The smallest absolute Gasteiger partial charge is 0.232 e. The fourth-order valence-corrected chi connectivity index (χ4v) is 2.83. The van der Waals surface area contributed by atoms with E-state index < -0.39 is 0 Å². The Morgan fingerprint density at radius 1 is 1.47 bits per heavy atom. The second-order valence-electron chi connectivity index (χ2n) is 5.11. The Kier molecular flexibility index (Phi) is 5.89. The first kappa shape index (κ1) is 14.4. The predicted molar refractivity (Wildman–Crippen MR) is 74.8 cm³/mol. The summed E-state index contributed by atoms with van der Waals surface area (Å²) >= 11 is 4.99. The van der Waals surface area contributed by atoms with Gasteiger partial charge in [-0.1, -0.05) is 38.4 Å². The summed E-state index contributed by atoms with van der Waals surface area (Å²) < 4.78 is 0. The maximum atomic E-state index is 12.2. The molecule has 1 aliphatic carbocycles. The molecule has 1 aliphatic rings. The van der Waals surface area contributed by atoms with Gasteiger partial charge in [-0.15, -0.1) is 0 Å². The van der Waals surface area contributed by atoms with Crippen LogP contribution in [0.2, 0.25) is 0 Å². The number of hydrogen-bond acceptors (Lipinski definition) is 2. The quantitative estimate of drug-likeness (QED) is 0.742. The lowest BCUT2D eigenvalue weighted by Gasteiger charge is -2.25. The number of thiocarbonyl (C=S) groups is 1. The lowest BCUT2D eigenvalue weighted by atomic mass is 10.0. The summed E-state index contributed by atoms with van der Waals surface area (Å²) in [5.74, 6) is 0.519. The van der Waals surface area contributed by atoms with E-state index in [0.717, 1.165) is 19.4 Å². The average molecular weight is 256 g/mol. The highest BCUT2D eigenvalue weighted by Gasteiger charge is 2.26. The van der Waals surface area contributed by atoms with Gasteiger partial charge in [0.2, 0.25) is 5.91 Å². The number of nitrogens with two attached hydrogens (primary N) is 1. The molecule has 4 heteroatoms. The van der Waals surface area contributed by atoms with E-state index in [1.54, 1.807) is 0 Å². The van der Waals surface area contributed by atoms with Gasteiger partial charge in [-0.25, -0.2) is 0 Å². The fourth-order valence-electron chi connectivity index (χ4n) is 2.61. The van der Waals surface area contributed by atoms with E-state index in [1.165, 1.54) is 25.7 Å². The summed E-state index contributed by atoms with van der Waals surface area (Å²) in [6.45, 7) is 2.91. The number of carbonyl (C=O) groups excluding carboxylic acids is 1. The predicted octanol–water partition coefficient (Wildman–Crippen LogP) is 2.34. The van der Waals surface area contributed by atoms with Crippen molar-refractivity contribution in [1.29, 1.82) is 0 Å². The van der Waals surface area contributed by atoms with Gasteiger partial charge in [0.05, 0.1) is 10.9 Å². The van der Waals surface area contributed by atoms with Crippen molar-refractivity contribution in [3.63, 3.8) is 0 Å². The highest BCUT2D eigenvalue weighted by Crippen LogP contribution is 2.25. The van der Waals surface area contributed by atoms with Crippen LogP contribution in [0.4, 0.5) is 0 Å². The van der Waals surface area contributed by atoms with Crippen LogP contribution >= 0.6 is 12.2 Å². The third kappa shape index (κ3) is 4.26. The van der Waals surface area contributed by atoms with Crippen molar-refractivity contribution in [3.05, 3.63) is 0 Å². The van der Waals surface area contributed by atoms with Gasteiger partial charge >= 0.3 is 0 Å². The van der Waals surface area contributed by atoms with Crippen molar-refractivity contribution in [2.75, 3.05) is 13.6 Å². The highest BCUT2D eigenvalue weighted by molar-refractivity contribution is 7.80. The largest absolute Gasteiger partial charge is 0.393 e. The summed E-state index contributed by atoms with van der Waals surface area (Å²) in [5.41, 5.74) is 5.65. The van der Waals surface area contributed by atoms with Gasteiger partial charge in [0, 0.05) is 13.6 Å². The first-order valence-electron chi connectivity index (χ1n) is 6.60. The zero-order valence-corrected chi connectivity index (χ0v) is 11.8. The van der Waals surface area contributed by atoms with Crippen LogP contribution in [-0.2, 0) is 4.79 Å². The second-order valence-corrected chi connectivity index (χ2v) is 5.58. The van der Waals surface area contributed by atoms with Gasteiger partial charge in [-0.05, 0) is 25.2 Å². The Balaban J connectivity index is 2.50. The third-order valence-electron chi connectivity index (χ3n) is 3.60. The number of hydrogen-bond donors (Lipinski definition) is 1. The van der Waals surface area contributed by atoms with Gasteiger partial charge in [-0.3, -0.25) is 4.79 Å². The summed E-state index contributed by atoms with van der Waals surface area (Å²) in [6, 6.07) is 0. The molecule has 0 bridgehead atoms. The van der Waals surface area contributed by atoms with Crippen LogP contribution in [0.5, 0.6) is 0 Å². The maximum Gasteiger partial charge on any atom is 0.232 e. The lowest BCUT2D eigenvalue weighted by Crippen LogP contribution is -2.40. The van der Waals surface area contributed by atoms with E-state index >= 15 is 0 Å². The van der Waals surface area contributed by atoms with Crippen LogP contribution in [0, 0.1) is 11.8 Å². The van der Waals surface area contributed by atoms with Crippen molar-refractivity contribution in [3.8, 4) is 0 Å². The Bertz CT molecular complexity index is 275. The van der Waals surface area contributed by atoms with Gasteiger partial charge in [0.15, 0.2) is 0 Å². The Morgan fingerprint density at radius 3 is 2.53 bits per heavy atom. The molecule has 0 aromatic rings. The minimum absolute atomic E-state index is 0.103. The highest BCUT2D eigenvalue weighted by atomic mass is 32.1. The molecule has 0 saturated heterocycles. The molecule has 1 saturated carbocycles. The molecule has 17 heavy (non-hydrogen) atoms. The lowest BCUT2D eigenvalue weighted by molar-refractivity contribution is -0.132. The van der Waals surface area contributed by atoms with Gasteiger partial charge in [-0.2, -0.15) is 0 Å². The molecule has 1 fully saturated rings. The summed E-state index contributed by atoms with van der Waals surface area (Å²) in [5, 5.41) is 0. The second kappa shape index (κ2) is 6.94. The van der Waals surface area contributed by atoms with Crippen molar-refractivity contribution in [1.82, 2.24) is 4.90 Å². The maximum absolute atomic E-state index is 12.2. The molecule has 1 atom stereocenters. The van der Waals surface area contributed by atoms with Crippen LogP contribution in [0.15, 0.2) is 0 Å². The van der Waals surface area contributed by atoms with Crippen molar-refractivity contribution < 1.29 is 4.79 Å². The number of rotatable bonds is 6. The molecule has 1 amide bonds. The normalized spacial score (nSPS) is 18.0. The Morgan fingerprint density at radius 2 is 2.06 bits per heavy atom. The van der Waals surface area contributed by atoms with E-state index in [9.17, 15) is 4.79 Å². The van der Waals surface area contributed by atoms with E-state index in [-0.39, 0.29) is 11.8 Å². The minimum atomic E-state index is -0.263. The van der Waals surface area contributed by atoms with Crippen LogP contribution < -0.4 is 5.73 Å². The molecule has 0 aromatic carbocycles. The summed E-state index contributed by atoms with van der Waals surface area (Å²) in [7, 11) is 1.88. The average Bonchev–Trinajstić information content (AvgIpc) is 2.77. The van der Waals surface area contributed by atoms with Crippen molar-refractivity contribution >= 4 is 23.1 Å². The molecule has 0 aromatic heterocycles. The van der Waals surface area contributed by atoms with E-state index in [1.807, 2.05) is 11.9 Å². The molecule has 1 unspecified atom stereocenters. The molecule has 1 rings (SSSR count). The standard InChI is InChI=1S/C13H24N2OS/c1-3-6-11(12(14)17)13(16)15(2)9-10-7-4-5-8-10/h10-11H,3-9H2,1-2H3,(H2,14,17). The van der Waals surface area contributed by atoms with E-state index in [0.29, 0.717) is 10.9 Å². The Hall–Kier alpha value is -0.640. The third-order valence-corrected chi connectivity index (χ3v) is 3.89. The molecule has 0 aliphatic heterocycles. The van der Waals surface area contributed by atoms with E-state index in [4.69, 9.17) is 18.0 Å². The topological polar surface area (TPSA) is 46.3 Å². The number of amides is 1. The molecule has 2 N–H and O–H groups in total. The van der Waals surface area contributed by atoms with Crippen molar-refractivity contribution in [2.24, 2.45) is 17.6 Å². The summed E-state index contributed by atoms with van der Waals surface area (Å²) in [4.78, 5) is 14.4. The minimum Gasteiger partial charge on any atom is -0.393 e. The van der Waals surface area contributed by atoms with Gasteiger partial charge < -0.3 is 10.6 Å².